The summed E-state index contributed by atoms with van der Waals surface area (Å²) in [5, 5.41) is 0. The van der Waals surface area contributed by atoms with Crippen molar-refractivity contribution < 1.29 is 9.22 Å². The van der Waals surface area contributed by atoms with Crippen molar-refractivity contribution in [3.63, 3.8) is 0 Å². The van der Waals surface area contributed by atoms with E-state index in [0.29, 0.717) is 28.4 Å². The number of allylic oxidation sites excluding steroid dienone is 2. The lowest BCUT2D eigenvalue weighted by Crippen LogP contribution is -2.52. The molecule has 0 aromatic carbocycles. The summed E-state index contributed by atoms with van der Waals surface area (Å²) in [6, 6.07) is 0. The number of rotatable bonds is 2. The lowest BCUT2D eigenvalue weighted by Gasteiger charge is -2.56. The number of ketones is 1. The monoisotopic (exact) mass is 348 g/mol. The molecular weight excluding hydrogens is 312 g/mol. The summed E-state index contributed by atoms with van der Waals surface area (Å²) in [7, 11) is -1.39. The van der Waals surface area contributed by atoms with Crippen molar-refractivity contribution in [3.8, 4) is 0 Å². The summed E-state index contributed by atoms with van der Waals surface area (Å²) < 4.78 is 6.16. The van der Waals surface area contributed by atoms with Crippen molar-refractivity contribution in [1.29, 1.82) is 0 Å². The first-order valence-corrected chi connectivity index (χ1v) is 13.3. The Morgan fingerprint density at radius 2 is 1.58 bits per heavy atom. The maximum absolute atomic E-state index is 11.2. The second kappa shape index (κ2) is 5.72. The van der Waals surface area contributed by atoms with Gasteiger partial charge in [-0.1, -0.05) is 27.7 Å². The van der Waals surface area contributed by atoms with Gasteiger partial charge >= 0.3 is 0 Å². The van der Waals surface area contributed by atoms with Gasteiger partial charge in [0, 0.05) is 18.3 Å². The van der Waals surface area contributed by atoms with E-state index >= 15 is 0 Å². The molecule has 0 saturated heterocycles. The van der Waals surface area contributed by atoms with Gasteiger partial charge in [-0.3, -0.25) is 4.79 Å². The largest absolute Gasteiger partial charge is 0.547 e. The fourth-order valence-electron chi connectivity index (χ4n) is 5.31. The van der Waals surface area contributed by atoms with Gasteiger partial charge in [-0.05, 0) is 74.1 Å². The van der Waals surface area contributed by atoms with Gasteiger partial charge in [-0.15, -0.1) is 0 Å². The maximum Gasteiger partial charge on any atom is 0.241 e. The number of carbonyl (C=O) groups excluding carboxylic acids is 1. The molecule has 24 heavy (non-hydrogen) atoms. The molecule has 4 fully saturated rings. The minimum atomic E-state index is -1.39. The van der Waals surface area contributed by atoms with Gasteiger partial charge in [0.25, 0.3) is 0 Å². The molecule has 6 rings (SSSR count). The van der Waals surface area contributed by atoms with Crippen LogP contribution in [0.4, 0.5) is 0 Å². The Hall–Kier alpha value is -0.573. The quantitative estimate of drug-likeness (QED) is 0.590. The molecule has 6 aliphatic carbocycles. The van der Waals surface area contributed by atoms with Gasteiger partial charge in [0.2, 0.25) is 8.32 Å². The highest BCUT2D eigenvalue weighted by molar-refractivity contribution is 6.70. The van der Waals surface area contributed by atoms with E-state index in [1.54, 1.807) is 0 Å². The van der Waals surface area contributed by atoms with Crippen LogP contribution in [0.3, 0.4) is 0 Å². The van der Waals surface area contributed by atoms with Crippen LogP contribution in [0.2, 0.25) is 19.6 Å². The fourth-order valence-corrected chi connectivity index (χ4v) is 6.24. The van der Waals surface area contributed by atoms with Crippen LogP contribution in [0.25, 0.3) is 0 Å². The molecule has 0 amide bonds. The zero-order valence-corrected chi connectivity index (χ0v) is 17.7. The van der Waals surface area contributed by atoms with Crippen LogP contribution >= 0.6 is 0 Å². The zero-order valence-electron chi connectivity index (χ0n) is 16.7. The zero-order chi connectivity index (χ0) is 17.9. The molecule has 3 heteroatoms. The van der Waals surface area contributed by atoms with Crippen LogP contribution in [0.15, 0.2) is 11.8 Å². The summed E-state index contributed by atoms with van der Waals surface area (Å²) in [6.07, 6.45) is 8.15. The van der Waals surface area contributed by atoms with E-state index in [2.05, 4.69) is 53.4 Å². The minimum absolute atomic E-state index is 0.356. The van der Waals surface area contributed by atoms with Gasteiger partial charge in [-0.25, -0.2) is 0 Å². The number of hydrogen-bond donors (Lipinski definition) is 0. The Labute approximate surface area is 149 Å². The van der Waals surface area contributed by atoms with E-state index in [-0.39, 0.29) is 0 Å². The highest BCUT2D eigenvalue weighted by atomic mass is 28.4. The molecule has 2 nitrogen and oxygen atoms in total. The second-order valence-corrected chi connectivity index (χ2v) is 15.1. The Kier molecular flexibility index (Phi) is 4.34. The molecule has 0 heterocycles. The molecule has 0 aromatic rings. The van der Waals surface area contributed by atoms with Crippen molar-refractivity contribution in [3.05, 3.63) is 11.8 Å². The normalized spacial score (nSPS) is 38.0. The Morgan fingerprint density at radius 3 is 1.96 bits per heavy atom. The molecule has 0 aliphatic heterocycles. The average molecular weight is 349 g/mol. The molecule has 0 spiro atoms. The lowest BCUT2D eigenvalue weighted by molar-refractivity contribution is -0.148. The number of Topliss-reactive ketones (excluding diaryl/α,β-unsaturated/α-hetero) is 1. The molecule has 0 aromatic heterocycles. The third-order valence-corrected chi connectivity index (χ3v) is 8.29. The molecule has 136 valence electrons. The summed E-state index contributed by atoms with van der Waals surface area (Å²) in [5.74, 6) is 4.75. The molecule has 4 atom stereocenters. The molecular formula is C21H36O2Si. The third-order valence-electron chi connectivity index (χ3n) is 7.44. The van der Waals surface area contributed by atoms with Crippen LogP contribution in [-0.4, -0.2) is 14.1 Å². The highest BCUT2D eigenvalue weighted by Gasteiger charge is 2.54. The third kappa shape index (κ3) is 3.02. The molecule has 6 aliphatic rings. The molecule has 0 unspecified atom stereocenters. The number of carbonyl (C=O) groups is 1. The molecule has 0 N–H and O–H groups in total. The van der Waals surface area contributed by atoms with E-state index in [4.69, 9.17) is 4.43 Å². The van der Waals surface area contributed by atoms with Crippen molar-refractivity contribution in [1.82, 2.24) is 0 Å². The van der Waals surface area contributed by atoms with Crippen LogP contribution in [-0.2, 0) is 9.22 Å². The smallest absolute Gasteiger partial charge is 0.241 e. The first kappa shape index (κ1) is 18.2. The summed E-state index contributed by atoms with van der Waals surface area (Å²) in [5.41, 5.74) is 0.860. The highest BCUT2D eigenvalue weighted by Crippen LogP contribution is 2.59. The summed E-state index contributed by atoms with van der Waals surface area (Å²) >= 11 is 0. The van der Waals surface area contributed by atoms with Crippen LogP contribution in [0.5, 0.6) is 0 Å². The van der Waals surface area contributed by atoms with Crippen molar-refractivity contribution in [2.75, 3.05) is 0 Å². The minimum Gasteiger partial charge on any atom is -0.547 e. The van der Waals surface area contributed by atoms with E-state index < -0.39 is 8.32 Å². The molecule has 0 radical (unpaired) electrons. The van der Waals surface area contributed by atoms with E-state index in [1.807, 2.05) is 0 Å². The molecule has 4 saturated carbocycles. The van der Waals surface area contributed by atoms with Crippen molar-refractivity contribution >= 4 is 14.1 Å². The van der Waals surface area contributed by atoms with E-state index in [0.717, 1.165) is 24.7 Å². The summed E-state index contributed by atoms with van der Waals surface area (Å²) in [4.78, 5) is 11.2. The maximum atomic E-state index is 11.2. The predicted octanol–water partition coefficient (Wildman–Crippen LogP) is 5.80. The first-order chi connectivity index (χ1) is 10.9. The van der Waals surface area contributed by atoms with Crippen LogP contribution in [0.1, 0.15) is 59.8 Å². The fraction of sp³-hybridized carbons (Fsp3) is 0.857. The summed E-state index contributed by atoms with van der Waals surface area (Å²) in [6.45, 7) is 16.1. The van der Waals surface area contributed by atoms with Crippen molar-refractivity contribution in [2.24, 2.45) is 34.5 Å². The topological polar surface area (TPSA) is 26.3 Å². The van der Waals surface area contributed by atoms with Gasteiger partial charge in [0.15, 0.2) is 0 Å². The van der Waals surface area contributed by atoms with Gasteiger partial charge in [0.05, 0.1) is 5.76 Å². The SMILES string of the molecule is CC1(C)[C@H]2CC=C(O[Si](C)(C)C)[C@@H]1C2.CC1(C)[C@H]2CCC(=O)[C@@H]1C2. The Bertz CT molecular complexity index is 551. The van der Waals surface area contributed by atoms with Crippen LogP contribution in [0, 0.1) is 34.5 Å². The number of fused-ring (bicyclic) bond motifs is 3. The lowest BCUT2D eigenvalue weighted by atomic mass is 9.48. The first-order valence-electron chi connectivity index (χ1n) is 9.84. The Morgan fingerprint density at radius 1 is 1.00 bits per heavy atom. The van der Waals surface area contributed by atoms with Crippen molar-refractivity contribution in [2.45, 2.75) is 79.4 Å². The Balaban J connectivity index is 0.000000149. The standard InChI is InChI=1S/C12H22OSi.C9H14O/c1-12(2)9-6-7-11(10(12)8-9)13-14(3,4)5;1-9(2)6-3-4-8(10)7(9)5-6/h7,9-10H,6,8H2,1-5H3;6-7H,3-5H2,1-2H3/t9-,10-;6-,7-/m00/s1. The molecule has 4 bridgehead atoms. The average Bonchev–Trinajstić information content (AvgIpc) is 2.45. The van der Waals surface area contributed by atoms with Gasteiger partial charge in [0.1, 0.15) is 5.78 Å². The van der Waals surface area contributed by atoms with Crippen LogP contribution < -0.4 is 0 Å². The second-order valence-electron chi connectivity index (χ2n) is 10.7. The predicted molar refractivity (Wildman–Crippen MR) is 102 cm³/mol. The van der Waals surface area contributed by atoms with Gasteiger partial charge < -0.3 is 4.43 Å². The van der Waals surface area contributed by atoms with Gasteiger partial charge in [-0.2, -0.15) is 0 Å². The number of hydrogen-bond acceptors (Lipinski definition) is 2. The van der Waals surface area contributed by atoms with E-state index in [1.165, 1.54) is 25.0 Å². The van der Waals surface area contributed by atoms with E-state index in [9.17, 15) is 4.79 Å².